The van der Waals surface area contributed by atoms with Crippen LogP contribution in [0.1, 0.15) is 17.7 Å². The van der Waals surface area contributed by atoms with Gasteiger partial charge in [-0.15, -0.1) is 11.3 Å². The predicted molar refractivity (Wildman–Crippen MR) is 59.5 cm³/mol. The third-order valence-electron chi connectivity index (χ3n) is 2.15. The SMILES string of the molecule is c1csc(CSCC2CCCO2)c1. The maximum absolute atomic E-state index is 5.55. The molecule has 1 aliphatic heterocycles. The van der Waals surface area contributed by atoms with Gasteiger partial charge in [-0.05, 0) is 24.3 Å². The molecule has 2 heterocycles. The van der Waals surface area contributed by atoms with Crippen LogP contribution in [0.4, 0.5) is 0 Å². The molecule has 0 radical (unpaired) electrons. The highest BCUT2D eigenvalue weighted by Gasteiger charge is 2.14. The average Bonchev–Trinajstić information content (AvgIpc) is 2.75. The lowest BCUT2D eigenvalue weighted by molar-refractivity contribution is 0.129. The van der Waals surface area contributed by atoms with Crippen molar-refractivity contribution in [2.24, 2.45) is 0 Å². The van der Waals surface area contributed by atoms with Gasteiger partial charge in [0, 0.05) is 23.0 Å². The Balaban J connectivity index is 1.63. The van der Waals surface area contributed by atoms with E-state index >= 15 is 0 Å². The lowest BCUT2D eigenvalue weighted by Gasteiger charge is -2.07. The number of hydrogen-bond donors (Lipinski definition) is 0. The molecule has 1 atom stereocenters. The van der Waals surface area contributed by atoms with Crippen LogP contribution in [0.3, 0.4) is 0 Å². The summed E-state index contributed by atoms with van der Waals surface area (Å²) in [5, 5.41) is 2.14. The highest BCUT2D eigenvalue weighted by molar-refractivity contribution is 7.98. The fourth-order valence-electron chi connectivity index (χ4n) is 1.46. The van der Waals surface area contributed by atoms with Crippen molar-refractivity contribution in [1.29, 1.82) is 0 Å². The molecule has 0 N–H and O–H groups in total. The Morgan fingerprint density at radius 2 is 2.62 bits per heavy atom. The van der Waals surface area contributed by atoms with Crippen molar-refractivity contribution < 1.29 is 4.74 Å². The molecule has 0 bridgehead atoms. The van der Waals surface area contributed by atoms with Crippen LogP contribution in [0.2, 0.25) is 0 Å². The van der Waals surface area contributed by atoms with Crippen LogP contribution in [-0.2, 0) is 10.5 Å². The predicted octanol–water partition coefficient (Wildman–Crippen LogP) is 3.16. The standard InChI is InChI=1S/C10H14OS2/c1-3-9(11-5-1)7-12-8-10-4-2-6-13-10/h2,4,6,9H,1,3,5,7-8H2. The first-order chi connectivity index (χ1) is 6.45. The minimum absolute atomic E-state index is 0.532. The molecule has 0 spiro atoms. The van der Waals surface area contributed by atoms with E-state index in [-0.39, 0.29) is 0 Å². The Hall–Kier alpha value is 0.01000. The molecular weight excluding hydrogens is 200 g/mol. The van der Waals surface area contributed by atoms with Crippen LogP contribution in [0.15, 0.2) is 17.5 Å². The van der Waals surface area contributed by atoms with Gasteiger partial charge in [0.15, 0.2) is 0 Å². The molecule has 2 rings (SSSR count). The summed E-state index contributed by atoms with van der Waals surface area (Å²) in [6.45, 7) is 0.976. The fraction of sp³-hybridized carbons (Fsp3) is 0.600. The van der Waals surface area contributed by atoms with Gasteiger partial charge in [0.1, 0.15) is 0 Å². The zero-order chi connectivity index (χ0) is 8.93. The quantitative estimate of drug-likeness (QED) is 0.761. The van der Waals surface area contributed by atoms with Crippen molar-refractivity contribution in [2.75, 3.05) is 12.4 Å². The van der Waals surface area contributed by atoms with Crippen LogP contribution in [0.25, 0.3) is 0 Å². The molecule has 1 aromatic rings. The van der Waals surface area contributed by atoms with Gasteiger partial charge in [0.2, 0.25) is 0 Å². The van der Waals surface area contributed by atoms with Gasteiger partial charge in [-0.1, -0.05) is 6.07 Å². The van der Waals surface area contributed by atoms with Gasteiger partial charge in [-0.3, -0.25) is 0 Å². The van der Waals surface area contributed by atoms with Crippen molar-refractivity contribution in [1.82, 2.24) is 0 Å². The summed E-state index contributed by atoms with van der Waals surface area (Å²) in [4.78, 5) is 1.47. The topological polar surface area (TPSA) is 9.23 Å². The average molecular weight is 214 g/mol. The summed E-state index contributed by atoms with van der Waals surface area (Å²) >= 11 is 3.84. The van der Waals surface area contributed by atoms with E-state index in [0.29, 0.717) is 6.10 Å². The summed E-state index contributed by atoms with van der Waals surface area (Å²) in [7, 11) is 0. The van der Waals surface area contributed by atoms with Crippen LogP contribution in [-0.4, -0.2) is 18.5 Å². The Bertz CT molecular complexity index is 227. The number of thiophene rings is 1. The second-order valence-electron chi connectivity index (χ2n) is 3.23. The normalized spacial score (nSPS) is 22.3. The third kappa shape index (κ3) is 3.01. The molecule has 0 saturated carbocycles. The van der Waals surface area contributed by atoms with Gasteiger partial charge in [-0.2, -0.15) is 11.8 Å². The van der Waals surface area contributed by atoms with Gasteiger partial charge in [-0.25, -0.2) is 0 Å². The smallest absolute Gasteiger partial charge is 0.0666 e. The highest BCUT2D eigenvalue weighted by Crippen LogP contribution is 2.21. The number of rotatable bonds is 4. The minimum Gasteiger partial charge on any atom is -0.377 e. The van der Waals surface area contributed by atoms with E-state index in [2.05, 4.69) is 17.5 Å². The Labute approximate surface area is 87.5 Å². The van der Waals surface area contributed by atoms with E-state index in [1.54, 1.807) is 0 Å². The van der Waals surface area contributed by atoms with Crippen molar-refractivity contribution in [3.8, 4) is 0 Å². The monoisotopic (exact) mass is 214 g/mol. The van der Waals surface area contributed by atoms with Crippen molar-refractivity contribution in [3.63, 3.8) is 0 Å². The summed E-state index contributed by atoms with van der Waals surface area (Å²) in [6.07, 6.45) is 3.05. The van der Waals surface area contributed by atoms with Gasteiger partial charge in [0.05, 0.1) is 6.10 Å². The first-order valence-electron chi connectivity index (χ1n) is 4.67. The van der Waals surface area contributed by atoms with Crippen molar-refractivity contribution in [3.05, 3.63) is 22.4 Å². The van der Waals surface area contributed by atoms with Crippen LogP contribution in [0, 0.1) is 0 Å². The molecule has 1 aliphatic rings. The molecule has 1 aromatic heterocycles. The summed E-state index contributed by atoms with van der Waals surface area (Å²) in [6, 6.07) is 4.32. The van der Waals surface area contributed by atoms with E-state index in [1.807, 2.05) is 23.1 Å². The molecule has 1 unspecified atom stereocenters. The van der Waals surface area contributed by atoms with E-state index in [1.165, 1.54) is 17.7 Å². The summed E-state index contributed by atoms with van der Waals surface area (Å²) in [5.74, 6) is 2.31. The summed E-state index contributed by atoms with van der Waals surface area (Å²) in [5.41, 5.74) is 0. The van der Waals surface area contributed by atoms with Gasteiger partial charge >= 0.3 is 0 Å². The molecule has 1 fully saturated rings. The molecule has 0 amide bonds. The first-order valence-corrected chi connectivity index (χ1v) is 6.70. The van der Waals surface area contributed by atoms with Crippen LogP contribution >= 0.6 is 23.1 Å². The van der Waals surface area contributed by atoms with Crippen molar-refractivity contribution >= 4 is 23.1 Å². The zero-order valence-corrected chi connectivity index (χ0v) is 9.20. The molecule has 0 aromatic carbocycles. The largest absolute Gasteiger partial charge is 0.377 e. The number of hydrogen-bond acceptors (Lipinski definition) is 3. The van der Waals surface area contributed by atoms with E-state index in [4.69, 9.17) is 4.74 Å². The second-order valence-corrected chi connectivity index (χ2v) is 5.29. The van der Waals surface area contributed by atoms with E-state index < -0.39 is 0 Å². The van der Waals surface area contributed by atoms with E-state index in [0.717, 1.165) is 18.1 Å². The molecule has 0 aliphatic carbocycles. The number of thioether (sulfide) groups is 1. The highest BCUT2D eigenvalue weighted by atomic mass is 32.2. The van der Waals surface area contributed by atoms with Crippen molar-refractivity contribution in [2.45, 2.75) is 24.7 Å². The van der Waals surface area contributed by atoms with E-state index in [9.17, 15) is 0 Å². The lowest BCUT2D eigenvalue weighted by Crippen LogP contribution is -2.07. The molecule has 3 heteroatoms. The second kappa shape index (κ2) is 5.03. The maximum Gasteiger partial charge on any atom is 0.0666 e. The lowest BCUT2D eigenvalue weighted by atomic mass is 10.3. The molecule has 72 valence electrons. The Morgan fingerprint density at radius 1 is 1.62 bits per heavy atom. The molecule has 1 nitrogen and oxygen atoms in total. The minimum atomic E-state index is 0.532. The third-order valence-corrected chi connectivity index (χ3v) is 4.33. The molecular formula is C10H14OS2. The Kier molecular flexibility index (Phi) is 3.70. The Morgan fingerprint density at radius 3 is 3.31 bits per heavy atom. The fourth-order valence-corrected chi connectivity index (χ4v) is 3.41. The van der Waals surface area contributed by atoms with Crippen LogP contribution < -0.4 is 0 Å². The number of ether oxygens (including phenoxy) is 1. The molecule has 1 saturated heterocycles. The van der Waals surface area contributed by atoms with Gasteiger partial charge < -0.3 is 4.74 Å². The molecule has 13 heavy (non-hydrogen) atoms. The maximum atomic E-state index is 5.55. The summed E-state index contributed by atoms with van der Waals surface area (Å²) < 4.78 is 5.55. The van der Waals surface area contributed by atoms with Gasteiger partial charge in [0.25, 0.3) is 0 Å². The first kappa shape index (κ1) is 9.56. The zero-order valence-electron chi connectivity index (χ0n) is 7.57. The van der Waals surface area contributed by atoms with Crippen LogP contribution in [0.5, 0.6) is 0 Å².